The Hall–Kier alpha value is -3.38. The number of rotatable bonds is 5. The molecule has 0 radical (unpaired) electrons. The lowest BCUT2D eigenvalue weighted by Gasteiger charge is -2.14. The van der Waals surface area contributed by atoms with Crippen molar-refractivity contribution in [3.8, 4) is 22.6 Å². The Kier molecular flexibility index (Phi) is 4.94. The maximum absolute atomic E-state index is 12.2. The van der Waals surface area contributed by atoms with Gasteiger partial charge in [0, 0.05) is 37.0 Å². The van der Waals surface area contributed by atoms with Crippen molar-refractivity contribution in [2.75, 3.05) is 7.11 Å². The number of benzene rings is 2. The number of ether oxygens (including phenoxy) is 2. The van der Waals surface area contributed by atoms with Gasteiger partial charge in [-0.05, 0) is 44.2 Å². The highest BCUT2D eigenvalue weighted by Crippen LogP contribution is 2.39. The van der Waals surface area contributed by atoms with Crippen LogP contribution >= 0.6 is 0 Å². The summed E-state index contributed by atoms with van der Waals surface area (Å²) in [4.78, 5) is 16.9. The molecule has 0 saturated heterocycles. The molecule has 4 rings (SSSR count). The molecule has 0 aliphatic heterocycles. The average molecular weight is 389 g/mol. The summed E-state index contributed by atoms with van der Waals surface area (Å²) >= 11 is 0. The summed E-state index contributed by atoms with van der Waals surface area (Å²) in [7, 11) is 3.42. The molecule has 6 nitrogen and oxygen atoms in total. The number of hydrogen-bond donors (Lipinski definition) is 0. The fourth-order valence-electron chi connectivity index (χ4n) is 3.54. The third-order valence-electron chi connectivity index (χ3n) is 4.96. The third kappa shape index (κ3) is 3.43. The van der Waals surface area contributed by atoms with Gasteiger partial charge in [-0.2, -0.15) is 0 Å². The number of imidazole rings is 1. The van der Waals surface area contributed by atoms with E-state index in [1.807, 2.05) is 73.1 Å². The van der Waals surface area contributed by atoms with Crippen LogP contribution in [0, 0.1) is 13.8 Å². The fraction of sp³-hybridized carbons (Fsp3) is 0.217. The van der Waals surface area contributed by atoms with E-state index in [9.17, 15) is 4.79 Å². The van der Waals surface area contributed by atoms with Crippen molar-refractivity contribution in [2.45, 2.75) is 20.6 Å². The number of methoxy groups -OCH3 is 1. The van der Waals surface area contributed by atoms with Crippen LogP contribution in [0.4, 0.5) is 0 Å². The Labute approximate surface area is 169 Å². The van der Waals surface area contributed by atoms with Crippen LogP contribution in [-0.2, 0) is 18.5 Å². The van der Waals surface area contributed by atoms with Gasteiger partial charge in [0.25, 0.3) is 5.56 Å². The van der Waals surface area contributed by atoms with Crippen molar-refractivity contribution >= 4 is 11.0 Å². The van der Waals surface area contributed by atoms with Gasteiger partial charge in [0.15, 0.2) is 5.75 Å². The maximum Gasteiger partial charge on any atom is 0.253 e. The van der Waals surface area contributed by atoms with E-state index >= 15 is 0 Å². The van der Waals surface area contributed by atoms with Gasteiger partial charge in [0.2, 0.25) is 0 Å². The Bertz CT molecular complexity index is 1210. The van der Waals surface area contributed by atoms with Gasteiger partial charge in [-0.1, -0.05) is 18.2 Å². The van der Waals surface area contributed by atoms with Crippen molar-refractivity contribution < 1.29 is 9.47 Å². The standard InChI is InChI=1S/C23H23N3O3/c1-15-12-17(13-25(3)23(15)27)19-10-11-20-21(24-16(2)26(20)14-28-4)22(19)29-18-8-6-5-7-9-18/h5-13H,14H2,1-4H3. The first-order valence-electron chi connectivity index (χ1n) is 9.39. The molecule has 0 amide bonds. The number of pyridine rings is 1. The van der Waals surface area contributed by atoms with Gasteiger partial charge in [-0.15, -0.1) is 0 Å². The molecule has 4 aromatic rings. The van der Waals surface area contributed by atoms with Crippen molar-refractivity contribution in [2.24, 2.45) is 7.05 Å². The minimum absolute atomic E-state index is 0.0134. The summed E-state index contributed by atoms with van der Waals surface area (Å²) in [5.74, 6) is 2.22. The molecule has 2 aromatic heterocycles. The van der Waals surface area contributed by atoms with E-state index in [-0.39, 0.29) is 5.56 Å². The lowest BCUT2D eigenvalue weighted by molar-refractivity contribution is 0.132. The molecule has 148 valence electrons. The molecule has 2 heterocycles. The summed E-state index contributed by atoms with van der Waals surface area (Å²) in [5.41, 5.74) is 4.13. The highest BCUT2D eigenvalue weighted by Gasteiger charge is 2.19. The van der Waals surface area contributed by atoms with Gasteiger partial charge in [0.05, 0.1) is 5.52 Å². The Morgan fingerprint density at radius 1 is 1.07 bits per heavy atom. The SMILES string of the molecule is COCn1c(C)nc2c(Oc3ccccc3)c(-c3cc(C)c(=O)n(C)c3)ccc21. The lowest BCUT2D eigenvalue weighted by atomic mass is 10.0. The van der Waals surface area contributed by atoms with E-state index in [4.69, 9.17) is 14.5 Å². The quantitative estimate of drug-likeness (QED) is 0.507. The van der Waals surface area contributed by atoms with E-state index < -0.39 is 0 Å². The number of fused-ring (bicyclic) bond motifs is 1. The fourth-order valence-corrected chi connectivity index (χ4v) is 3.54. The predicted octanol–water partition coefficient (Wildman–Crippen LogP) is 4.42. The number of hydrogen-bond acceptors (Lipinski definition) is 4. The maximum atomic E-state index is 12.2. The van der Waals surface area contributed by atoms with E-state index in [2.05, 4.69) is 0 Å². The molecule has 0 saturated carbocycles. The van der Waals surface area contributed by atoms with Crippen molar-refractivity contribution in [3.05, 3.63) is 76.5 Å². The van der Waals surface area contributed by atoms with E-state index in [0.29, 0.717) is 18.0 Å². The highest BCUT2D eigenvalue weighted by molar-refractivity contribution is 5.91. The molecule has 0 bridgehead atoms. The van der Waals surface area contributed by atoms with Crippen LogP contribution in [0.5, 0.6) is 11.5 Å². The van der Waals surface area contributed by atoms with Crippen LogP contribution in [0.15, 0.2) is 59.5 Å². The molecule has 6 heteroatoms. The summed E-state index contributed by atoms with van der Waals surface area (Å²) < 4.78 is 15.3. The Morgan fingerprint density at radius 2 is 1.83 bits per heavy atom. The number of nitrogens with zero attached hydrogens (tertiary/aromatic N) is 3. The highest BCUT2D eigenvalue weighted by atomic mass is 16.5. The van der Waals surface area contributed by atoms with Gasteiger partial charge in [-0.25, -0.2) is 4.98 Å². The van der Waals surface area contributed by atoms with Crippen molar-refractivity contribution in [1.82, 2.24) is 14.1 Å². The summed E-state index contributed by atoms with van der Waals surface area (Å²) in [6, 6.07) is 15.5. The number of aromatic nitrogens is 3. The minimum Gasteiger partial charge on any atom is -0.454 e. The molecule has 29 heavy (non-hydrogen) atoms. The second-order valence-corrected chi connectivity index (χ2v) is 7.06. The van der Waals surface area contributed by atoms with Crippen LogP contribution in [0.3, 0.4) is 0 Å². The summed E-state index contributed by atoms with van der Waals surface area (Å²) in [6.07, 6.45) is 1.83. The Balaban J connectivity index is 1.99. The third-order valence-corrected chi connectivity index (χ3v) is 4.96. The van der Waals surface area contributed by atoms with Crippen molar-refractivity contribution in [1.29, 1.82) is 0 Å². The van der Waals surface area contributed by atoms with E-state index in [0.717, 1.165) is 33.7 Å². The number of aryl methyl sites for hydroxylation is 3. The molecule has 0 aliphatic rings. The van der Waals surface area contributed by atoms with Gasteiger partial charge >= 0.3 is 0 Å². The smallest absolute Gasteiger partial charge is 0.253 e. The lowest BCUT2D eigenvalue weighted by Crippen LogP contribution is -2.18. The van der Waals surface area contributed by atoms with Crippen LogP contribution in [0.2, 0.25) is 0 Å². The van der Waals surface area contributed by atoms with Crippen LogP contribution in [0.1, 0.15) is 11.4 Å². The zero-order valence-corrected chi connectivity index (χ0v) is 17.0. The van der Waals surface area contributed by atoms with Gasteiger partial charge in [0.1, 0.15) is 23.8 Å². The average Bonchev–Trinajstić information content (AvgIpc) is 3.03. The zero-order chi connectivity index (χ0) is 20.5. The van der Waals surface area contributed by atoms with Crippen LogP contribution in [0.25, 0.3) is 22.2 Å². The molecular formula is C23H23N3O3. The Morgan fingerprint density at radius 3 is 2.52 bits per heavy atom. The second kappa shape index (κ2) is 7.56. The molecule has 0 atom stereocenters. The van der Waals surface area contributed by atoms with Crippen LogP contribution in [-0.4, -0.2) is 21.2 Å². The largest absolute Gasteiger partial charge is 0.454 e. The van der Waals surface area contributed by atoms with Gasteiger partial charge < -0.3 is 18.6 Å². The second-order valence-electron chi connectivity index (χ2n) is 7.06. The topological polar surface area (TPSA) is 58.3 Å². The first kappa shape index (κ1) is 19.0. The first-order chi connectivity index (χ1) is 14.0. The predicted molar refractivity (Wildman–Crippen MR) is 113 cm³/mol. The molecular weight excluding hydrogens is 366 g/mol. The van der Waals surface area contributed by atoms with E-state index in [1.165, 1.54) is 0 Å². The number of para-hydroxylation sites is 1. The normalized spacial score (nSPS) is 11.2. The van der Waals surface area contributed by atoms with Gasteiger partial charge in [-0.3, -0.25) is 4.79 Å². The molecule has 0 unspecified atom stereocenters. The summed E-state index contributed by atoms with van der Waals surface area (Å²) in [5, 5.41) is 0. The monoisotopic (exact) mass is 389 g/mol. The van der Waals surface area contributed by atoms with E-state index in [1.54, 1.807) is 18.7 Å². The molecule has 0 N–H and O–H groups in total. The molecule has 0 aliphatic carbocycles. The first-order valence-corrected chi connectivity index (χ1v) is 9.39. The van der Waals surface area contributed by atoms with Crippen molar-refractivity contribution in [3.63, 3.8) is 0 Å². The molecule has 2 aromatic carbocycles. The zero-order valence-electron chi connectivity index (χ0n) is 17.0. The van der Waals surface area contributed by atoms with Crippen LogP contribution < -0.4 is 10.3 Å². The summed E-state index contributed by atoms with van der Waals surface area (Å²) in [6.45, 7) is 4.17. The minimum atomic E-state index is -0.0134. The molecule has 0 fully saturated rings. The molecule has 0 spiro atoms.